The van der Waals surface area contributed by atoms with E-state index in [0.29, 0.717) is 30.0 Å². The third-order valence-corrected chi connectivity index (χ3v) is 7.07. The van der Waals surface area contributed by atoms with Gasteiger partial charge in [-0.3, -0.25) is 9.88 Å². The number of hydrogen-bond donors (Lipinski definition) is 1. The second-order valence-corrected chi connectivity index (χ2v) is 10.1. The van der Waals surface area contributed by atoms with E-state index >= 15 is 0 Å². The molecule has 0 aromatic carbocycles. The average Bonchev–Trinajstić information content (AvgIpc) is 3.56. The van der Waals surface area contributed by atoms with Gasteiger partial charge in [-0.2, -0.15) is 15.1 Å². The molecule has 2 aliphatic rings. The summed E-state index contributed by atoms with van der Waals surface area (Å²) >= 11 is 0. The highest BCUT2D eigenvalue weighted by molar-refractivity contribution is 5.85. The number of aromatic nitrogens is 5. The highest BCUT2D eigenvalue weighted by atomic mass is 16.7. The van der Waals surface area contributed by atoms with Gasteiger partial charge in [0.2, 0.25) is 0 Å². The van der Waals surface area contributed by atoms with Gasteiger partial charge in [-0.25, -0.2) is 4.68 Å². The third-order valence-electron chi connectivity index (χ3n) is 7.07. The molecule has 0 bridgehead atoms. The maximum atomic E-state index is 6.28. The maximum absolute atomic E-state index is 6.28. The van der Waals surface area contributed by atoms with Crippen LogP contribution in [0.15, 0.2) is 24.5 Å². The zero-order valence-electron chi connectivity index (χ0n) is 21.8. The van der Waals surface area contributed by atoms with Crippen molar-refractivity contribution in [1.29, 1.82) is 0 Å². The lowest BCUT2D eigenvalue weighted by atomic mass is 10.1. The van der Waals surface area contributed by atoms with Crippen LogP contribution in [0.1, 0.15) is 69.5 Å². The topological polar surface area (TPSA) is 113 Å². The number of anilines is 1. The van der Waals surface area contributed by atoms with Gasteiger partial charge >= 0.3 is 6.01 Å². The first-order valence-electron chi connectivity index (χ1n) is 13.7. The number of likely N-dealkylation sites (tertiary alicyclic amines) is 1. The molecule has 0 saturated carbocycles. The predicted octanol–water partition coefficient (Wildman–Crippen LogP) is 3.93. The summed E-state index contributed by atoms with van der Waals surface area (Å²) in [6, 6.07) is 4.52. The number of nitrogen functional groups attached to an aromatic ring is 1. The summed E-state index contributed by atoms with van der Waals surface area (Å²) in [6.45, 7) is 7.28. The Morgan fingerprint density at radius 1 is 1.14 bits per heavy atom. The van der Waals surface area contributed by atoms with Crippen molar-refractivity contribution in [3.63, 3.8) is 0 Å². The van der Waals surface area contributed by atoms with E-state index < -0.39 is 0 Å². The second kappa shape index (κ2) is 12.6. The van der Waals surface area contributed by atoms with Crippen LogP contribution in [0.3, 0.4) is 0 Å². The number of hydrogen-bond acceptors (Lipinski definition) is 9. The fraction of sp³-hybridized carbons (Fsp3) is 0.630. The second-order valence-electron chi connectivity index (χ2n) is 10.1. The predicted molar refractivity (Wildman–Crippen MR) is 141 cm³/mol. The molecular formula is C27H39N7O3. The van der Waals surface area contributed by atoms with Crippen LogP contribution < -0.4 is 10.5 Å². The molecule has 0 amide bonds. The highest BCUT2D eigenvalue weighted by Gasteiger charge is 2.19. The summed E-state index contributed by atoms with van der Waals surface area (Å²) < 4.78 is 19.6. The van der Waals surface area contributed by atoms with Crippen molar-refractivity contribution in [3.8, 4) is 6.01 Å². The molecule has 200 valence electrons. The van der Waals surface area contributed by atoms with Crippen LogP contribution in [0.4, 0.5) is 5.82 Å². The molecule has 37 heavy (non-hydrogen) atoms. The van der Waals surface area contributed by atoms with Gasteiger partial charge in [0, 0.05) is 25.8 Å². The van der Waals surface area contributed by atoms with Gasteiger partial charge in [0.05, 0.1) is 30.4 Å². The molecule has 10 nitrogen and oxygen atoms in total. The molecule has 2 fully saturated rings. The fourth-order valence-electron chi connectivity index (χ4n) is 5.10. The first-order valence-corrected chi connectivity index (χ1v) is 13.7. The van der Waals surface area contributed by atoms with Gasteiger partial charge < -0.3 is 19.9 Å². The molecule has 2 aliphatic heterocycles. The van der Waals surface area contributed by atoms with Crippen molar-refractivity contribution in [2.45, 2.75) is 83.8 Å². The molecule has 0 aliphatic carbocycles. The fourth-order valence-corrected chi connectivity index (χ4v) is 5.10. The first kappa shape index (κ1) is 25.8. The van der Waals surface area contributed by atoms with Gasteiger partial charge in [0.1, 0.15) is 11.9 Å². The average molecular weight is 510 g/mol. The van der Waals surface area contributed by atoms with Crippen LogP contribution in [-0.4, -0.2) is 68.3 Å². The van der Waals surface area contributed by atoms with Crippen molar-refractivity contribution in [1.82, 2.24) is 29.6 Å². The molecule has 10 heteroatoms. The minimum atomic E-state index is -0.101. The van der Waals surface area contributed by atoms with Crippen LogP contribution in [0.5, 0.6) is 6.01 Å². The molecule has 2 atom stereocenters. The van der Waals surface area contributed by atoms with Gasteiger partial charge in [0.25, 0.3) is 0 Å². The molecule has 5 heterocycles. The van der Waals surface area contributed by atoms with Crippen LogP contribution >= 0.6 is 0 Å². The molecule has 3 aromatic rings. The van der Waals surface area contributed by atoms with E-state index in [1.165, 1.54) is 31.5 Å². The molecular weight excluding hydrogens is 470 g/mol. The standard InChI is InChI=1S/C27H39N7O3/c1-2-7-22(10-15-36-24-8-3-6-14-35-24)37-27-31-25(28)23-17-30-34(26(23)32-27)19-21-16-20(9-11-29-21)18-33-12-4-5-13-33/h9,11,16-17,22,24H,2-8,10,12-15,18-19H2,1H3,(H2,28,31,32)/t22-,24?/m1/s1. The summed E-state index contributed by atoms with van der Waals surface area (Å²) in [7, 11) is 0. The Bertz CT molecular complexity index is 1140. The molecule has 1 unspecified atom stereocenters. The Morgan fingerprint density at radius 2 is 2.03 bits per heavy atom. The summed E-state index contributed by atoms with van der Waals surface area (Å²) in [6.07, 6.45) is 11.8. The molecule has 2 saturated heterocycles. The van der Waals surface area contributed by atoms with Crippen molar-refractivity contribution in [3.05, 3.63) is 35.8 Å². The van der Waals surface area contributed by atoms with Gasteiger partial charge in [-0.15, -0.1) is 0 Å². The van der Waals surface area contributed by atoms with E-state index in [2.05, 4.69) is 39.0 Å². The maximum Gasteiger partial charge on any atom is 0.320 e. The summed E-state index contributed by atoms with van der Waals surface area (Å²) in [5.74, 6) is 0.365. The molecule has 2 N–H and O–H groups in total. The minimum Gasteiger partial charge on any atom is -0.460 e. The van der Waals surface area contributed by atoms with Crippen LogP contribution in [0.25, 0.3) is 11.0 Å². The highest BCUT2D eigenvalue weighted by Crippen LogP contribution is 2.23. The summed E-state index contributed by atoms with van der Waals surface area (Å²) in [5, 5.41) is 5.25. The monoisotopic (exact) mass is 509 g/mol. The molecule has 3 aromatic heterocycles. The summed E-state index contributed by atoms with van der Waals surface area (Å²) in [5.41, 5.74) is 9.13. The SMILES string of the molecule is CCC[C@H](CCOC1CCCCO1)Oc1nc(N)c2cnn(Cc3cc(CN4CCCC4)ccn3)c2n1. The van der Waals surface area contributed by atoms with Crippen LogP contribution in [-0.2, 0) is 22.6 Å². The van der Waals surface area contributed by atoms with E-state index in [1.54, 1.807) is 6.20 Å². The largest absolute Gasteiger partial charge is 0.460 e. The zero-order chi connectivity index (χ0) is 25.5. The number of nitrogens with two attached hydrogens (primary N) is 1. The smallest absolute Gasteiger partial charge is 0.320 e. The minimum absolute atomic E-state index is 0.0641. The Balaban J connectivity index is 1.26. The van der Waals surface area contributed by atoms with Crippen molar-refractivity contribution in [2.75, 3.05) is 32.0 Å². The lowest BCUT2D eigenvalue weighted by molar-refractivity contribution is -0.165. The number of fused-ring (bicyclic) bond motifs is 1. The molecule has 0 spiro atoms. The molecule has 0 radical (unpaired) electrons. The Labute approximate surface area is 218 Å². The van der Waals surface area contributed by atoms with Crippen LogP contribution in [0.2, 0.25) is 0 Å². The van der Waals surface area contributed by atoms with Crippen molar-refractivity contribution >= 4 is 16.9 Å². The Morgan fingerprint density at radius 3 is 2.84 bits per heavy atom. The Hall–Kier alpha value is -2.82. The normalized spacial score (nSPS) is 19.4. The first-order chi connectivity index (χ1) is 18.2. The zero-order valence-corrected chi connectivity index (χ0v) is 21.8. The van der Waals surface area contributed by atoms with Gasteiger partial charge in [-0.1, -0.05) is 13.3 Å². The lowest BCUT2D eigenvalue weighted by Gasteiger charge is -2.24. The van der Waals surface area contributed by atoms with Crippen LogP contribution in [0, 0.1) is 0 Å². The molecule has 5 rings (SSSR count). The van der Waals surface area contributed by atoms with Crippen molar-refractivity contribution < 1.29 is 14.2 Å². The van der Waals surface area contributed by atoms with E-state index in [4.69, 9.17) is 24.9 Å². The van der Waals surface area contributed by atoms with Gasteiger partial charge in [-0.05, 0) is 69.3 Å². The van der Waals surface area contributed by atoms with E-state index in [9.17, 15) is 0 Å². The number of ether oxygens (including phenoxy) is 3. The number of rotatable bonds is 12. The van der Waals surface area contributed by atoms with E-state index in [0.717, 1.165) is 57.4 Å². The number of pyridine rings is 1. The van der Waals surface area contributed by atoms with E-state index in [1.807, 2.05) is 10.9 Å². The third kappa shape index (κ3) is 6.94. The lowest BCUT2D eigenvalue weighted by Crippen LogP contribution is -2.26. The van der Waals surface area contributed by atoms with Crippen molar-refractivity contribution in [2.24, 2.45) is 0 Å². The van der Waals surface area contributed by atoms with Gasteiger partial charge in [0.15, 0.2) is 11.9 Å². The number of nitrogens with zero attached hydrogens (tertiary/aromatic N) is 6. The van der Waals surface area contributed by atoms with E-state index in [-0.39, 0.29) is 18.4 Å². The Kier molecular flexibility index (Phi) is 8.80. The quantitative estimate of drug-likeness (QED) is 0.388. The summed E-state index contributed by atoms with van der Waals surface area (Å²) in [4.78, 5) is 16.2.